The molecule has 4 heteroatoms. The highest BCUT2D eigenvalue weighted by molar-refractivity contribution is 5.77. The lowest BCUT2D eigenvalue weighted by Gasteiger charge is -2.07. The first-order chi connectivity index (χ1) is 9.76. The summed E-state index contributed by atoms with van der Waals surface area (Å²) in [6, 6.07) is 14.3. The highest BCUT2D eigenvalue weighted by Gasteiger charge is 2.06. The first kappa shape index (κ1) is 12.5. The fraction of sp³-hybridized carbons (Fsp3) is 0.125. The van der Waals surface area contributed by atoms with Crippen LogP contribution < -0.4 is 10.1 Å². The summed E-state index contributed by atoms with van der Waals surface area (Å²) in [5.74, 6) is 1.05. The Balaban J connectivity index is 1.79. The summed E-state index contributed by atoms with van der Waals surface area (Å²) in [4.78, 5) is 0. The maximum atomic E-state index is 13.7. The number of nitrogens with one attached hydrogen (secondary N) is 1. The first-order valence-electron chi connectivity index (χ1n) is 6.31. The number of rotatable bonds is 4. The Kier molecular flexibility index (Phi) is 3.29. The van der Waals surface area contributed by atoms with Gasteiger partial charge >= 0.3 is 0 Å². The van der Waals surface area contributed by atoms with Crippen molar-refractivity contribution in [3.05, 3.63) is 60.1 Å². The predicted molar refractivity (Wildman–Crippen MR) is 76.5 cm³/mol. The van der Waals surface area contributed by atoms with Crippen LogP contribution in [0.4, 0.5) is 10.1 Å². The zero-order valence-corrected chi connectivity index (χ0v) is 11.0. The molecule has 0 saturated heterocycles. The Morgan fingerprint density at radius 1 is 1.15 bits per heavy atom. The van der Waals surface area contributed by atoms with Gasteiger partial charge in [-0.1, -0.05) is 18.2 Å². The monoisotopic (exact) mass is 271 g/mol. The summed E-state index contributed by atoms with van der Waals surface area (Å²) < 4.78 is 24.4. The predicted octanol–water partition coefficient (Wildman–Crippen LogP) is 4.19. The zero-order valence-electron chi connectivity index (χ0n) is 11.0. The van der Waals surface area contributed by atoms with Gasteiger partial charge in [-0.15, -0.1) is 0 Å². The number of anilines is 1. The van der Waals surface area contributed by atoms with Gasteiger partial charge < -0.3 is 14.5 Å². The maximum Gasteiger partial charge on any atom is 0.146 e. The van der Waals surface area contributed by atoms with E-state index in [1.54, 1.807) is 19.2 Å². The van der Waals surface area contributed by atoms with E-state index in [1.807, 2.05) is 30.3 Å². The Bertz CT molecular complexity index is 703. The Morgan fingerprint density at radius 2 is 2.00 bits per heavy atom. The number of furan rings is 1. The number of hydrogen-bond acceptors (Lipinski definition) is 3. The minimum absolute atomic E-state index is 0.318. The van der Waals surface area contributed by atoms with Crippen molar-refractivity contribution >= 4 is 16.7 Å². The van der Waals surface area contributed by atoms with Crippen molar-refractivity contribution in [1.29, 1.82) is 0 Å². The first-order valence-corrected chi connectivity index (χ1v) is 6.31. The molecular weight excluding hydrogens is 257 g/mol. The molecule has 0 fully saturated rings. The van der Waals surface area contributed by atoms with E-state index in [0.29, 0.717) is 18.0 Å². The van der Waals surface area contributed by atoms with Gasteiger partial charge in [0.1, 0.15) is 22.9 Å². The molecule has 0 bridgehead atoms. The molecule has 3 rings (SSSR count). The SMILES string of the molecule is COc1ccc(F)c(NCc2cc3ccccc3o2)c1. The quantitative estimate of drug-likeness (QED) is 0.772. The van der Waals surface area contributed by atoms with Gasteiger partial charge in [-0.05, 0) is 24.3 Å². The van der Waals surface area contributed by atoms with E-state index in [-0.39, 0.29) is 5.82 Å². The van der Waals surface area contributed by atoms with Crippen LogP contribution in [0.2, 0.25) is 0 Å². The summed E-state index contributed by atoms with van der Waals surface area (Å²) in [6.45, 7) is 0.415. The summed E-state index contributed by atoms with van der Waals surface area (Å²) in [5.41, 5.74) is 1.22. The molecule has 102 valence electrons. The molecule has 2 aromatic carbocycles. The second kappa shape index (κ2) is 5.25. The highest BCUT2D eigenvalue weighted by Crippen LogP contribution is 2.23. The fourth-order valence-electron chi connectivity index (χ4n) is 2.07. The summed E-state index contributed by atoms with van der Waals surface area (Å²) in [7, 11) is 1.55. The molecule has 0 atom stereocenters. The second-order valence-electron chi connectivity index (χ2n) is 4.45. The van der Waals surface area contributed by atoms with Crippen LogP contribution in [-0.2, 0) is 6.54 Å². The van der Waals surface area contributed by atoms with Crippen LogP contribution in [0, 0.1) is 5.82 Å². The molecule has 0 radical (unpaired) electrons. The number of hydrogen-bond donors (Lipinski definition) is 1. The van der Waals surface area contributed by atoms with Gasteiger partial charge in [0, 0.05) is 11.5 Å². The number of fused-ring (bicyclic) bond motifs is 1. The molecule has 0 aliphatic carbocycles. The standard InChI is InChI=1S/C16H14FNO2/c1-19-12-6-7-14(17)15(9-12)18-10-13-8-11-4-2-3-5-16(11)20-13/h2-9,18H,10H2,1H3. The van der Waals surface area contributed by atoms with Gasteiger partial charge in [0.2, 0.25) is 0 Å². The van der Waals surface area contributed by atoms with E-state index in [2.05, 4.69) is 5.32 Å². The lowest BCUT2D eigenvalue weighted by atomic mass is 10.2. The van der Waals surface area contributed by atoms with Gasteiger partial charge in [0.05, 0.1) is 19.3 Å². The van der Waals surface area contributed by atoms with E-state index >= 15 is 0 Å². The van der Waals surface area contributed by atoms with Crippen LogP contribution in [0.1, 0.15) is 5.76 Å². The van der Waals surface area contributed by atoms with E-state index in [1.165, 1.54) is 6.07 Å². The molecule has 0 aliphatic rings. The Hall–Kier alpha value is -2.49. The van der Waals surface area contributed by atoms with Crippen molar-refractivity contribution in [1.82, 2.24) is 0 Å². The molecule has 0 saturated carbocycles. The van der Waals surface area contributed by atoms with Crippen molar-refractivity contribution in [3.8, 4) is 5.75 Å². The van der Waals surface area contributed by atoms with Crippen LogP contribution in [0.5, 0.6) is 5.75 Å². The molecule has 0 amide bonds. The second-order valence-corrected chi connectivity index (χ2v) is 4.45. The van der Waals surface area contributed by atoms with Gasteiger partial charge in [-0.3, -0.25) is 0 Å². The maximum absolute atomic E-state index is 13.7. The number of halogens is 1. The molecular formula is C16H14FNO2. The van der Waals surface area contributed by atoms with Crippen LogP contribution in [0.3, 0.4) is 0 Å². The fourth-order valence-corrected chi connectivity index (χ4v) is 2.07. The number of ether oxygens (including phenoxy) is 1. The van der Waals surface area contributed by atoms with Crippen molar-refractivity contribution in [2.24, 2.45) is 0 Å². The molecule has 20 heavy (non-hydrogen) atoms. The van der Waals surface area contributed by atoms with Crippen molar-refractivity contribution < 1.29 is 13.5 Å². The smallest absolute Gasteiger partial charge is 0.146 e. The minimum atomic E-state index is -0.318. The molecule has 0 spiro atoms. The third kappa shape index (κ3) is 2.45. The molecule has 3 nitrogen and oxygen atoms in total. The molecule has 0 aliphatic heterocycles. The third-order valence-electron chi connectivity index (χ3n) is 3.10. The van der Waals surface area contributed by atoms with Gasteiger partial charge in [-0.2, -0.15) is 0 Å². The lowest BCUT2D eigenvalue weighted by molar-refractivity contribution is 0.414. The van der Waals surface area contributed by atoms with Crippen LogP contribution in [0.15, 0.2) is 52.9 Å². The van der Waals surface area contributed by atoms with Crippen molar-refractivity contribution in [2.75, 3.05) is 12.4 Å². The van der Waals surface area contributed by atoms with Gasteiger partial charge in [0.25, 0.3) is 0 Å². The number of benzene rings is 2. The topological polar surface area (TPSA) is 34.4 Å². The lowest BCUT2D eigenvalue weighted by Crippen LogP contribution is -2.00. The van der Waals surface area contributed by atoms with E-state index in [9.17, 15) is 4.39 Å². The summed E-state index contributed by atoms with van der Waals surface area (Å²) in [5, 5.41) is 4.05. The van der Waals surface area contributed by atoms with Crippen LogP contribution >= 0.6 is 0 Å². The van der Waals surface area contributed by atoms with Crippen molar-refractivity contribution in [3.63, 3.8) is 0 Å². The largest absolute Gasteiger partial charge is 0.497 e. The minimum Gasteiger partial charge on any atom is -0.497 e. The Labute approximate surface area is 116 Å². The van der Waals surface area contributed by atoms with E-state index < -0.39 is 0 Å². The average molecular weight is 271 g/mol. The number of methoxy groups -OCH3 is 1. The Morgan fingerprint density at radius 3 is 2.80 bits per heavy atom. The normalized spacial score (nSPS) is 10.7. The molecule has 1 aromatic heterocycles. The van der Waals surface area contributed by atoms with E-state index in [0.717, 1.165) is 16.7 Å². The molecule has 0 unspecified atom stereocenters. The van der Waals surface area contributed by atoms with Crippen LogP contribution in [-0.4, -0.2) is 7.11 Å². The zero-order chi connectivity index (χ0) is 13.9. The van der Waals surface area contributed by atoms with E-state index in [4.69, 9.17) is 9.15 Å². The highest BCUT2D eigenvalue weighted by atomic mass is 19.1. The average Bonchev–Trinajstić information content (AvgIpc) is 2.89. The molecule has 3 aromatic rings. The third-order valence-corrected chi connectivity index (χ3v) is 3.10. The number of para-hydroxylation sites is 1. The summed E-state index contributed by atoms with van der Waals surface area (Å²) >= 11 is 0. The van der Waals surface area contributed by atoms with Crippen molar-refractivity contribution in [2.45, 2.75) is 6.54 Å². The van der Waals surface area contributed by atoms with Crippen LogP contribution in [0.25, 0.3) is 11.0 Å². The molecule has 1 heterocycles. The van der Waals surface area contributed by atoms with Gasteiger partial charge in [0.15, 0.2) is 0 Å². The summed E-state index contributed by atoms with van der Waals surface area (Å²) in [6.07, 6.45) is 0. The van der Waals surface area contributed by atoms with Gasteiger partial charge in [-0.25, -0.2) is 4.39 Å². The molecule has 1 N–H and O–H groups in total.